The second kappa shape index (κ2) is 5.57. The van der Waals surface area contributed by atoms with Crippen molar-refractivity contribution in [2.45, 2.75) is 33.6 Å². The van der Waals surface area contributed by atoms with Crippen molar-refractivity contribution in [3.63, 3.8) is 0 Å². The lowest BCUT2D eigenvalue weighted by atomic mass is 9.99. The van der Waals surface area contributed by atoms with Gasteiger partial charge in [0.25, 0.3) is 0 Å². The quantitative estimate of drug-likeness (QED) is 0.580. The van der Waals surface area contributed by atoms with Crippen molar-refractivity contribution in [3.8, 4) is 11.3 Å². The maximum Gasteiger partial charge on any atom is 0.213 e. The zero-order chi connectivity index (χ0) is 15.9. The third-order valence-electron chi connectivity index (χ3n) is 4.52. The predicted molar refractivity (Wildman–Crippen MR) is 94.1 cm³/mol. The van der Waals surface area contributed by atoms with Crippen LogP contribution in [-0.4, -0.2) is 0 Å². The Bertz CT molecular complexity index is 844. The molecule has 0 aliphatic carbocycles. The fourth-order valence-electron chi connectivity index (χ4n) is 3.13. The second-order valence-electron chi connectivity index (χ2n) is 6.57. The maximum atomic E-state index is 2.33. The van der Waals surface area contributed by atoms with E-state index in [1.54, 1.807) is 0 Å². The van der Waals surface area contributed by atoms with Crippen LogP contribution in [0, 0.1) is 13.8 Å². The summed E-state index contributed by atoms with van der Waals surface area (Å²) in [6.07, 6.45) is 0. The molecule has 1 aromatic heterocycles. The number of benzene rings is 2. The van der Waals surface area contributed by atoms with E-state index in [2.05, 4.69) is 87.8 Å². The van der Waals surface area contributed by atoms with Crippen molar-refractivity contribution in [1.82, 2.24) is 0 Å². The molecule has 0 fully saturated rings. The normalized spacial score (nSPS) is 11.4. The number of hydrogen-bond donors (Lipinski definition) is 0. The van der Waals surface area contributed by atoms with Gasteiger partial charge in [-0.2, -0.15) is 4.57 Å². The predicted octanol–water partition coefficient (Wildman–Crippen LogP) is 5.07. The fourth-order valence-corrected chi connectivity index (χ4v) is 3.13. The molecule has 112 valence electrons. The van der Waals surface area contributed by atoms with E-state index in [-0.39, 0.29) is 0 Å². The van der Waals surface area contributed by atoms with Gasteiger partial charge in [0, 0.05) is 23.1 Å². The molecule has 0 saturated heterocycles. The van der Waals surface area contributed by atoms with Crippen LogP contribution >= 0.6 is 0 Å². The van der Waals surface area contributed by atoms with Crippen molar-refractivity contribution >= 4 is 10.9 Å². The number of aryl methyl sites for hydroxylation is 3. The van der Waals surface area contributed by atoms with Crippen LogP contribution in [0.4, 0.5) is 0 Å². The van der Waals surface area contributed by atoms with Crippen LogP contribution in [0.2, 0.25) is 0 Å². The molecule has 2 aromatic carbocycles. The van der Waals surface area contributed by atoms with Crippen molar-refractivity contribution < 1.29 is 4.57 Å². The molecular formula is C21H24N+. The van der Waals surface area contributed by atoms with E-state index >= 15 is 0 Å². The molecule has 0 atom stereocenters. The Morgan fingerprint density at radius 3 is 2.27 bits per heavy atom. The first-order valence-corrected chi connectivity index (χ1v) is 7.97. The van der Waals surface area contributed by atoms with Gasteiger partial charge in [-0.1, -0.05) is 37.6 Å². The van der Waals surface area contributed by atoms with Crippen LogP contribution in [0.15, 0.2) is 48.5 Å². The SMILES string of the molecule is Cc1ccc(-c2ccc3ccc(C(C)C)cc3[n+]2C)c(C)c1. The van der Waals surface area contributed by atoms with E-state index < -0.39 is 0 Å². The van der Waals surface area contributed by atoms with E-state index in [1.807, 2.05) is 0 Å². The van der Waals surface area contributed by atoms with Gasteiger partial charge in [0.15, 0.2) is 0 Å². The first kappa shape index (κ1) is 14.8. The summed E-state index contributed by atoms with van der Waals surface area (Å²) in [6, 6.07) is 17.9. The summed E-state index contributed by atoms with van der Waals surface area (Å²) in [5.41, 5.74) is 7.90. The largest absolute Gasteiger partial charge is 0.213 e. The maximum absolute atomic E-state index is 2.33. The smallest absolute Gasteiger partial charge is 0.194 e. The molecule has 22 heavy (non-hydrogen) atoms. The van der Waals surface area contributed by atoms with Gasteiger partial charge in [0.1, 0.15) is 7.05 Å². The van der Waals surface area contributed by atoms with Gasteiger partial charge in [-0.15, -0.1) is 0 Å². The summed E-state index contributed by atoms with van der Waals surface area (Å²) in [7, 11) is 2.17. The average molecular weight is 290 g/mol. The van der Waals surface area contributed by atoms with E-state index in [4.69, 9.17) is 0 Å². The highest BCUT2D eigenvalue weighted by molar-refractivity contribution is 5.78. The molecule has 0 N–H and O–H groups in total. The van der Waals surface area contributed by atoms with Crippen LogP contribution in [-0.2, 0) is 7.05 Å². The molecule has 0 aliphatic heterocycles. The van der Waals surface area contributed by atoms with Crippen molar-refractivity contribution in [1.29, 1.82) is 0 Å². The van der Waals surface area contributed by atoms with Crippen molar-refractivity contribution in [3.05, 3.63) is 65.2 Å². The number of pyridine rings is 1. The zero-order valence-electron chi connectivity index (χ0n) is 14.1. The number of rotatable bonds is 2. The first-order chi connectivity index (χ1) is 10.5. The van der Waals surface area contributed by atoms with Gasteiger partial charge in [0.05, 0.1) is 0 Å². The van der Waals surface area contributed by atoms with E-state index in [0.717, 1.165) is 0 Å². The lowest BCUT2D eigenvalue weighted by Gasteiger charge is -2.09. The molecule has 0 amide bonds. The highest BCUT2D eigenvalue weighted by atomic mass is 14.9. The molecule has 1 nitrogen and oxygen atoms in total. The highest BCUT2D eigenvalue weighted by Gasteiger charge is 2.16. The summed E-state index contributed by atoms with van der Waals surface area (Å²) < 4.78 is 2.32. The third kappa shape index (κ3) is 2.52. The van der Waals surface area contributed by atoms with Crippen LogP contribution < -0.4 is 4.57 Å². The van der Waals surface area contributed by atoms with E-state index in [0.29, 0.717) is 5.92 Å². The van der Waals surface area contributed by atoms with E-state index in [9.17, 15) is 0 Å². The van der Waals surface area contributed by atoms with Crippen molar-refractivity contribution in [2.24, 2.45) is 7.05 Å². The Kier molecular flexibility index (Phi) is 3.74. The van der Waals surface area contributed by atoms with Crippen LogP contribution in [0.25, 0.3) is 22.2 Å². The molecule has 0 bridgehead atoms. The van der Waals surface area contributed by atoms with E-state index in [1.165, 1.54) is 38.9 Å². The van der Waals surface area contributed by atoms with Gasteiger partial charge in [-0.3, -0.25) is 0 Å². The second-order valence-corrected chi connectivity index (χ2v) is 6.57. The standard InChI is InChI=1S/C21H24N/c1-14(2)18-8-7-17-9-11-20(22(5)21(17)13-18)19-10-6-15(3)12-16(19)4/h6-14H,1-5H3/q+1. The Balaban J connectivity index is 2.24. The summed E-state index contributed by atoms with van der Waals surface area (Å²) in [5.74, 6) is 0.550. The molecule has 3 aromatic rings. The van der Waals surface area contributed by atoms with Gasteiger partial charge >= 0.3 is 0 Å². The summed E-state index contributed by atoms with van der Waals surface area (Å²) in [5, 5.41) is 1.29. The Labute approximate surface area is 133 Å². The lowest BCUT2D eigenvalue weighted by molar-refractivity contribution is -0.633. The summed E-state index contributed by atoms with van der Waals surface area (Å²) in [6.45, 7) is 8.83. The molecule has 0 aliphatic rings. The van der Waals surface area contributed by atoms with Gasteiger partial charge < -0.3 is 0 Å². The molecule has 0 saturated carbocycles. The molecule has 3 rings (SSSR count). The molecule has 0 unspecified atom stereocenters. The Morgan fingerprint density at radius 1 is 0.864 bits per heavy atom. The first-order valence-electron chi connectivity index (χ1n) is 7.97. The molecule has 1 heteroatoms. The summed E-state index contributed by atoms with van der Waals surface area (Å²) >= 11 is 0. The van der Waals surface area contributed by atoms with Gasteiger partial charge in [-0.25, -0.2) is 0 Å². The monoisotopic (exact) mass is 290 g/mol. The van der Waals surface area contributed by atoms with Crippen LogP contribution in [0.1, 0.15) is 36.5 Å². The molecule has 1 heterocycles. The lowest BCUT2D eigenvalue weighted by Crippen LogP contribution is -2.32. The minimum absolute atomic E-state index is 0.550. The molecule has 0 radical (unpaired) electrons. The number of hydrogen-bond acceptors (Lipinski definition) is 0. The highest BCUT2D eigenvalue weighted by Crippen LogP contribution is 2.25. The zero-order valence-corrected chi connectivity index (χ0v) is 14.1. The van der Waals surface area contributed by atoms with Crippen LogP contribution in [0.5, 0.6) is 0 Å². The third-order valence-corrected chi connectivity index (χ3v) is 4.52. The molecule has 0 spiro atoms. The molecular weight excluding hydrogens is 266 g/mol. The Hall–Kier alpha value is -2.15. The van der Waals surface area contributed by atoms with Crippen LogP contribution in [0.3, 0.4) is 0 Å². The Morgan fingerprint density at radius 2 is 1.59 bits per heavy atom. The van der Waals surface area contributed by atoms with Crippen molar-refractivity contribution in [2.75, 3.05) is 0 Å². The van der Waals surface area contributed by atoms with Gasteiger partial charge in [0.2, 0.25) is 11.2 Å². The fraction of sp³-hybridized carbons (Fsp3) is 0.286. The number of fused-ring (bicyclic) bond motifs is 1. The number of aromatic nitrogens is 1. The van der Waals surface area contributed by atoms with Gasteiger partial charge in [-0.05, 0) is 49.1 Å². The minimum Gasteiger partial charge on any atom is -0.194 e. The topological polar surface area (TPSA) is 3.88 Å². The average Bonchev–Trinajstić information content (AvgIpc) is 2.48. The summed E-state index contributed by atoms with van der Waals surface area (Å²) in [4.78, 5) is 0. The minimum atomic E-state index is 0.550. The number of nitrogens with zero attached hydrogens (tertiary/aromatic N) is 1.